The second-order valence-electron chi connectivity index (χ2n) is 10.5. The molecule has 3 aliphatic rings. The third-order valence-electron chi connectivity index (χ3n) is 8.18. The van der Waals surface area contributed by atoms with Crippen LogP contribution in [0, 0.1) is 5.41 Å². The summed E-state index contributed by atoms with van der Waals surface area (Å²) < 4.78 is 0. The maximum absolute atomic E-state index is 8.36. The van der Waals surface area contributed by atoms with Crippen molar-refractivity contribution in [2.75, 3.05) is 37.6 Å². The van der Waals surface area contributed by atoms with E-state index in [0.29, 0.717) is 5.41 Å². The van der Waals surface area contributed by atoms with Gasteiger partial charge in [-0.15, -0.1) is 12.6 Å². The van der Waals surface area contributed by atoms with Crippen molar-refractivity contribution in [2.24, 2.45) is 5.41 Å². The van der Waals surface area contributed by atoms with Crippen LogP contribution in [0.4, 0.5) is 5.69 Å². The molecule has 5 heteroatoms. The first-order chi connectivity index (χ1) is 18.1. The van der Waals surface area contributed by atoms with Gasteiger partial charge in [0, 0.05) is 42.2 Å². The largest absolute Gasteiger partial charge is 0.483 e. The number of carbonyl (C=O) groups is 1. The lowest BCUT2D eigenvalue weighted by Crippen LogP contribution is -2.57. The number of thiol groups is 1. The zero-order valence-corrected chi connectivity index (χ0v) is 22.5. The van der Waals surface area contributed by atoms with Gasteiger partial charge in [0.1, 0.15) is 0 Å². The van der Waals surface area contributed by atoms with Gasteiger partial charge in [-0.2, -0.15) is 0 Å². The monoisotopic (exact) mass is 512 g/mol. The van der Waals surface area contributed by atoms with E-state index < -0.39 is 0 Å². The van der Waals surface area contributed by atoms with Crippen LogP contribution < -0.4 is 4.90 Å². The molecule has 0 radical (unpaired) electrons. The summed E-state index contributed by atoms with van der Waals surface area (Å²) in [5.74, 6) is 0. The Morgan fingerprint density at radius 2 is 1.68 bits per heavy atom. The van der Waals surface area contributed by atoms with E-state index in [1.807, 2.05) is 0 Å². The van der Waals surface area contributed by atoms with Crippen LogP contribution >= 0.6 is 12.6 Å². The predicted molar refractivity (Wildman–Crippen MR) is 156 cm³/mol. The van der Waals surface area contributed by atoms with E-state index in [2.05, 4.69) is 102 Å². The van der Waals surface area contributed by atoms with Crippen LogP contribution in [-0.2, 0) is 11.2 Å². The smallest absolute Gasteiger partial charge is 0.290 e. The molecule has 1 N–H and O–H groups in total. The molecule has 2 fully saturated rings. The highest BCUT2D eigenvalue weighted by Crippen LogP contribution is 2.43. The van der Waals surface area contributed by atoms with Crippen LogP contribution in [0.5, 0.6) is 0 Å². The number of allylic oxidation sites excluding steroid dienone is 1. The van der Waals surface area contributed by atoms with E-state index >= 15 is 0 Å². The summed E-state index contributed by atoms with van der Waals surface area (Å²) in [6.07, 6.45) is 4.70. The molecule has 192 valence electrons. The molecule has 0 unspecified atom stereocenters. The van der Waals surface area contributed by atoms with Gasteiger partial charge in [-0.25, -0.2) is 0 Å². The van der Waals surface area contributed by atoms with Crippen molar-refractivity contribution in [1.29, 1.82) is 0 Å². The van der Waals surface area contributed by atoms with Gasteiger partial charge in [-0.3, -0.25) is 4.79 Å². The minimum atomic E-state index is -0.250. The number of benzene rings is 3. The molecule has 37 heavy (non-hydrogen) atoms. The minimum absolute atomic E-state index is 0.250. The average Bonchev–Trinajstić information content (AvgIpc) is 3.26. The number of carboxylic acid groups (broad SMARTS) is 1. The van der Waals surface area contributed by atoms with Crippen LogP contribution in [0.2, 0.25) is 0 Å². The summed E-state index contributed by atoms with van der Waals surface area (Å²) in [4.78, 5) is 14.6. The summed E-state index contributed by atoms with van der Waals surface area (Å²) in [6, 6.07) is 27.1. The molecule has 2 aliphatic heterocycles. The van der Waals surface area contributed by atoms with Gasteiger partial charge in [-0.1, -0.05) is 55.5 Å². The maximum Gasteiger partial charge on any atom is 0.290 e. The molecular formula is C32H36N2O2S. The van der Waals surface area contributed by atoms with Crippen molar-refractivity contribution in [3.8, 4) is 0 Å². The summed E-state index contributed by atoms with van der Waals surface area (Å²) in [5, 5.41) is 6.89. The van der Waals surface area contributed by atoms with Gasteiger partial charge in [0.15, 0.2) is 0 Å². The van der Waals surface area contributed by atoms with E-state index in [1.165, 1.54) is 84.7 Å². The lowest BCUT2D eigenvalue weighted by molar-refractivity contribution is -0.122. The molecule has 4 nitrogen and oxygen atoms in total. The van der Waals surface area contributed by atoms with E-state index in [4.69, 9.17) is 9.90 Å². The third-order valence-corrected chi connectivity index (χ3v) is 8.46. The first-order valence-corrected chi connectivity index (χ1v) is 13.8. The normalized spacial score (nSPS) is 18.5. The number of fused-ring (bicyclic) bond motifs is 1. The Morgan fingerprint density at radius 3 is 2.38 bits per heavy atom. The number of rotatable bonds is 4. The highest BCUT2D eigenvalue weighted by Gasteiger charge is 2.46. The Kier molecular flexibility index (Phi) is 7.73. The van der Waals surface area contributed by atoms with Gasteiger partial charge in [0.2, 0.25) is 0 Å². The van der Waals surface area contributed by atoms with Crippen LogP contribution in [0.25, 0.3) is 11.1 Å². The summed E-state index contributed by atoms with van der Waals surface area (Å²) >= 11 is 4.64. The van der Waals surface area contributed by atoms with Gasteiger partial charge in [0.05, 0.1) is 0 Å². The van der Waals surface area contributed by atoms with Crippen LogP contribution in [0.15, 0.2) is 77.7 Å². The predicted octanol–water partition coefficient (Wildman–Crippen LogP) is 6.50. The summed E-state index contributed by atoms with van der Waals surface area (Å²) in [7, 11) is 0. The van der Waals surface area contributed by atoms with Gasteiger partial charge < -0.3 is 14.9 Å². The second kappa shape index (κ2) is 11.2. The molecular weight excluding hydrogens is 476 g/mol. The number of aryl methyl sites for hydroxylation is 1. The van der Waals surface area contributed by atoms with Crippen molar-refractivity contribution in [3.63, 3.8) is 0 Å². The fourth-order valence-corrected chi connectivity index (χ4v) is 6.64. The number of hydrogen-bond acceptors (Lipinski definition) is 4. The fourth-order valence-electron chi connectivity index (χ4n) is 6.41. The number of nitrogens with zero attached hydrogens (tertiary/aromatic N) is 2. The Labute approximate surface area is 226 Å². The Bertz CT molecular complexity index is 1260. The van der Waals surface area contributed by atoms with Gasteiger partial charge >= 0.3 is 0 Å². The lowest BCUT2D eigenvalue weighted by Gasteiger charge is -2.47. The molecule has 2 saturated heterocycles. The minimum Gasteiger partial charge on any atom is -0.483 e. The molecule has 0 saturated carbocycles. The molecule has 1 aliphatic carbocycles. The van der Waals surface area contributed by atoms with Crippen molar-refractivity contribution in [2.45, 2.75) is 37.5 Å². The highest BCUT2D eigenvalue weighted by molar-refractivity contribution is 7.80. The standard InChI is InChI=1S/C31H34N2S.CH2O2/c1-2-32-20-31(21-32)17-18-33(22-31)26-13-11-24(12-14-26)30-28(23-7-4-3-5-8-23)10-6-9-25-19-27(34)15-16-29(25)30;2-1-3/h3-5,7-8,11-16,19,34H,2,6,9-10,17-18,20-22H2,1H3;1H,(H,2,3). The van der Waals surface area contributed by atoms with E-state index in [0.717, 1.165) is 17.7 Å². The molecule has 3 aromatic carbocycles. The first kappa shape index (κ1) is 25.6. The van der Waals surface area contributed by atoms with Crippen molar-refractivity contribution >= 4 is 35.9 Å². The molecule has 0 amide bonds. The molecule has 6 rings (SSSR count). The zero-order chi connectivity index (χ0) is 25.8. The Balaban J connectivity index is 0.000000892. The summed E-state index contributed by atoms with van der Waals surface area (Å²) in [6.45, 7) is 8.15. The average molecular weight is 513 g/mol. The van der Waals surface area contributed by atoms with Gasteiger partial charge in [-0.05, 0) is 89.9 Å². The highest BCUT2D eigenvalue weighted by atomic mass is 32.1. The topological polar surface area (TPSA) is 43.8 Å². The zero-order valence-electron chi connectivity index (χ0n) is 21.6. The molecule has 1 spiro atoms. The number of hydrogen-bond donors (Lipinski definition) is 2. The van der Waals surface area contributed by atoms with E-state index in [1.54, 1.807) is 0 Å². The van der Waals surface area contributed by atoms with Gasteiger partial charge in [0.25, 0.3) is 6.47 Å². The van der Waals surface area contributed by atoms with Crippen LogP contribution in [0.1, 0.15) is 48.4 Å². The van der Waals surface area contributed by atoms with E-state index in [9.17, 15) is 0 Å². The van der Waals surface area contributed by atoms with Crippen LogP contribution in [0.3, 0.4) is 0 Å². The number of anilines is 1. The molecule has 3 aromatic rings. The molecule has 0 bridgehead atoms. The lowest BCUT2D eigenvalue weighted by atomic mass is 9.79. The molecule has 0 aromatic heterocycles. The quantitative estimate of drug-likeness (QED) is 0.309. The summed E-state index contributed by atoms with van der Waals surface area (Å²) in [5.41, 5.74) is 10.2. The van der Waals surface area contributed by atoms with Crippen molar-refractivity contribution in [1.82, 2.24) is 4.90 Å². The Hall–Kier alpha value is -3.02. The third kappa shape index (κ3) is 5.34. The number of likely N-dealkylation sites (tertiary alicyclic amines) is 1. The molecule has 2 heterocycles. The second-order valence-corrected chi connectivity index (χ2v) is 11.1. The van der Waals surface area contributed by atoms with E-state index in [-0.39, 0.29) is 6.47 Å². The molecule has 0 atom stereocenters. The SMILES string of the molecule is CCN1CC2(CCN(c3ccc(C4=C(c5ccccc5)CCCc5cc(S)ccc54)cc3)C2)C1.O=CO. The van der Waals surface area contributed by atoms with Crippen molar-refractivity contribution < 1.29 is 9.90 Å². The first-order valence-electron chi connectivity index (χ1n) is 13.3. The van der Waals surface area contributed by atoms with Crippen molar-refractivity contribution in [3.05, 3.63) is 95.1 Å². The van der Waals surface area contributed by atoms with Crippen LogP contribution in [-0.4, -0.2) is 49.2 Å². The maximum atomic E-state index is 8.36. The Morgan fingerprint density at radius 1 is 0.946 bits per heavy atom. The fraction of sp³-hybridized carbons (Fsp3) is 0.344.